The van der Waals surface area contributed by atoms with Gasteiger partial charge >= 0.3 is 0 Å². The Kier molecular flexibility index (Phi) is 6.59. The topological polar surface area (TPSA) is 106 Å². The molecule has 1 atom stereocenters. The van der Waals surface area contributed by atoms with Crippen LogP contribution in [0.3, 0.4) is 0 Å². The summed E-state index contributed by atoms with van der Waals surface area (Å²) in [5, 5.41) is 3.18. The van der Waals surface area contributed by atoms with Gasteiger partial charge in [-0.2, -0.15) is 0 Å². The Bertz CT molecular complexity index is 1640. The van der Waals surface area contributed by atoms with Crippen LogP contribution in [0.15, 0.2) is 105 Å². The summed E-state index contributed by atoms with van der Waals surface area (Å²) in [7, 11) is -3.74. The van der Waals surface area contributed by atoms with Crippen molar-refractivity contribution in [2.24, 2.45) is 11.1 Å². The van der Waals surface area contributed by atoms with E-state index in [2.05, 4.69) is 5.32 Å². The maximum Gasteiger partial charge on any atom is 0.206 e. The first-order chi connectivity index (χ1) is 18.4. The zero-order chi connectivity index (χ0) is 28.1. The van der Waals surface area contributed by atoms with E-state index in [-0.39, 0.29) is 32.6 Å². The average molecular weight is 541 g/mol. The number of allylic oxidation sites excluding steroid dienone is 3. The Morgan fingerprint density at radius 3 is 1.92 bits per heavy atom. The van der Waals surface area contributed by atoms with Gasteiger partial charge in [-0.05, 0) is 55.5 Å². The molecule has 3 aromatic carbocycles. The van der Waals surface area contributed by atoms with Crippen molar-refractivity contribution in [3.05, 3.63) is 118 Å². The summed E-state index contributed by atoms with van der Waals surface area (Å²) in [4.78, 5) is 27.7. The smallest absolute Gasteiger partial charge is 0.206 e. The normalized spacial score (nSPS) is 19.0. The van der Waals surface area contributed by atoms with Gasteiger partial charge in [-0.1, -0.05) is 73.5 Å². The lowest BCUT2D eigenvalue weighted by molar-refractivity contribution is -0.118. The highest BCUT2D eigenvalue weighted by Gasteiger charge is 2.43. The predicted octanol–water partition coefficient (Wildman–Crippen LogP) is 5.52. The number of ketones is 2. The number of carbonyl (C=O) groups is 2. The molecule has 3 N–H and O–H groups in total. The van der Waals surface area contributed by atoms with Crippen molar-refractivity contribution in [1.29, 1.82) is 0 Å². The van der Waals surface area contributed by atoms with Crippen molar-refractivity contribution >= 4 is 21.4 Å². The van der Waals surface area contributed by atoms with E-state index < -0.39 is 15.8 Å². The third kappa shape index (κ3) is 4.94. The molecule has 2 aliphatic rings. The molecular formula is C32H32N2O4S. The van der Waals surface area contributed by atoms with Gasteiger partial charge in [0.15, 0.2) is 11.6 Å². The predicted molar refractivity (Wildman–Crippen MR) is 151 cm³/mol. The van der Waals surface area contributed by atoms with E-state index >= 15 is 0 Å². The van der Waals surface area contributed by atoms with E-state index in [9.17, 15) is 18.0 Å². The molecule has 0 saturated carbocycles. The summed E-state index contributed by atoms with van der Waals surface area (Å²) in [5.74, 6) is -0.816. The van der Waals surface area contributed by atoms with Crippen molar-refractivity contribution < 1.29 is 18.0 Å². The van der Waals surface area contributed by atoms with Gasteiger partial charge in [0.1, 0.15) is 5.82 Å². The number of sulfone groups is 1. The molecule has 0 fully saturated rings. The average Bonchev–Trinajstić information content (AvgIpc) is 2.87. The maximum atomic E-state index is 13.8. The van der Waals surface area contributed by atoms with Crippen LogP contribution < -0.4 is 11.1 Å². The Morgan fingerprint density at radius 1 is 0.846 bits per heavy atom. The molecule has 1 heterocycles. The van der Waals surface area contributed by atoms with Crippen LogP contribution in [0, 0.1) is 19.3 Å². The minimum Gasteiger partial charge on any atom is -0.385 e. The Labute approximate surface area is 229 Å². The molecule has 1 aliphatic heterocycles. The fourth-order valence-corrected chi connectivity index (χ4v) is 6.71. The van der Waals surface area contributed by atoms with Gasteiger partial charge in [-0.3, -0.25) is 9.59 Å². The van der Waals surface area contributed by atoms with Crippen LogP contribution in [-0.4, -0.2) is 20.0 Å². The SMILES string of the molecule is Cc1ccc(C(=O)C2=C(N)NC3=C(C(=O)CC(C)(C)C3)C2c2ccc(S(=O)(=O)c3ccc(C)cc3)cc2)cc1. The van der Waals surface area contributed by atoms with Gasteiger partial charge in [0.2, 0.25) is 9.84 Å². The largest absolute Gasteiger partial charge is 0.385 e. The molecule has 7 heteroatoms. The third-order valence-electron chi connectivity index (χ3n) is 7.49. The minimum absolute atomic E-state index is 0.0446. The van der Waals surface area contributed by atoms with Crippen LogP contribution in [0.5, 0.6) is 0 Å². The molecule has 3 aromatic rings. The Hall–Kier alpha value is -3.97. The minimum atomic E-state index is -3.74. The van der Waals surface area contributed by atoms with Crippen LogP contribution in [0.1, 0.15) is 59.7 Å². The third-order valence-corrected chi connectivity index (χ3v) is 9.27. The van der Waals surface area contributed by atoms with Crippen LogP contribution in [-0.2, 0) is 14.6 Å². The first kappa shape index (κ1) is 26.6. The monoisotopic (exact) mass is 540 g/mol. The van der Waals surface area contributed by atoms with Crippen LogP contribution in [0.2, 0.25) is 0 Å². The first-order valence-electron chi connectivity index (χ1n) is 12.9. The molecule has 6 nitrogen and oxygen atoms in total. The van der Waals surface area contributed by atoms with Crippen molar-refractivity contribution in [1.82, 2.24) is 5.32 Å². The highest BCUT2D eigenvalue weighted by molar-refractivity contribution is 7.91. The summed E-state index contributed by atoms with van der Waals surface area (Å²) in [6.07, 6.45) is 0.951. The molecule has 0 spiro atoms. The molecule has 0 amide bonds. The summed E-state index contributed by atoms with van der Waals surface area (Å²) in [6, 6.07) is 20.4. The van der Waals surface area contributed by atoms with E-state index in [1.54, 1.807) is 48.5 Å². The second-order valence-corrected chi connectivity index (χ2v) is 13.2. The van der Waals surface area contributed by atoms with E-state index in [4.69, 9.17) is 5.73 Å². The van der Waals surface area contributed by atoms with Gasteiger partial charge < -0.3 is 11.1 Å². The van der Waals surface area contributed by atoms with Crippen LogP contribution >= 0.6 is 0 Å². The van der Waals surface area contributed by atoms with Crippen molar-refractivity contribution in [3.8, 4) is 0 Å². The van der Waals surface area contributed by atoms with Gasteiger partial charge in [0, 0.05) is 29.2 Å². The van der Waals surface area contributed by atoms with E-state index in [0.717, 1.165) is 16.8 Å². The van der Waals surface area contributed by atoms with E-state index in [1.165, 1.54) is 12.1 Å². The molecule has 0 bridgehead atoms. The quantitative estimate of drug-likeness (QED) is 0.413. The number of Topliss-reactive ketones (excluding diaryl/α,β-unsaturated/α-hetero) is 2. The number of benzene rings is 3. The van der Waals surface area contributed by atoms with Gasteiger partial charge in [-0.25, -0.2) is 8.42 Å². The van der Waals surface area contributed by atoms with Crippen molar-refractivity contribution in [2.75, 3.05) is 0 Å². The van der Waals surface area contributed by atoms with Crippen LogP contribution in [0.4, 0.5) is 0 Å². The molecular weight excluding hydrogens is 508 g/mol. The maximum absolute atomic E-state index is 13.8. The molecule has 1 unspecified atom stereocenters. The lowest BCUT2D eigenvalue weighted by Gasteiger charge is -2.39. The van der Waals surface area contributed by atoms with E-state index in [0.29, 0.717) is 35.1 Å². The summed E-state index contributed by atoms with van der Waals surface area (Å²) in [5.41, 5.74) is 10.9. The molecule has 1 aliphatic carbocycles. The molecule has 0 radical (unpaired) electrons. The number of nitrogens with two attached hydrogens (primary N) is 1. The summed E-state index contributed by atoms with van der Waals surface area (Å²) >= 11 is 0. The number of hydrogen-bond donors (Lipinski definition) is 2. The second kappa shape index (κ2) is 9.65. The number of hydrogen-bond acceptors (Lipinski definition) is 6. The zero-order valence-electron chi connectivity index (χ0n) is 22.5. The Morgan fingerprint density at radius 2 is 1.36 bits per heavy atom. The lowest BCUT2D eigenvalue weighted by atomic mass is 9.68. The zero-order valence-corrected chi connectivity index (χ0v) is 23.4. The molecule has 5 rings (SSSR count). The number of rotatable bonds is 5. The number of aryl methyl sites for hydroxylation is 2. The lowest BCUT2D eigenvalue weighted by Crippen LogP contribution is -2.41. The Balaban J connectivity index is 1.62. The van der Waals surface area contributed by atoms with Crippen molar-refractivity contribution in [3.63, 3.8) is 0 Å². The van der Waals surface area contributed by atoms with Gasteiger partial charge in [-0.15, -0.1) is 0 Å². The fraction of sp³-hybridized carbons (Fsp3) is 0.250. The second-order valence-electron chi connectivity index (χ2n) is 11.3. The van der Waals surface area contributed by atoms with E-state index in [1.807, 2.05) is 39.8 Å². The van der Waals surface area contributed by atoms with Gasteiger partial charge in [0.05, 0.1) is 15.4 Å². The highest BCUT2D eigenvalue weighted by atomic mass is 32.2. The first-order valence-corrected chi connectivity index (χ1v) is 14.4. The number of dihydropyridines is 1. The van der Waals surface area contributed by atoms with Crippen molar-refractivity contribution in [2.45, 2.75) is 56.2 Å². The standard InChI is InChI=1S/C32H32N2O4S/c1-19-5-9-22(10-6-19)30(36)29-27(28-25(34-31(29)33)17-32(3,4)18-26(28)35)21-11-15-24(16-12-21)39(37,38)23-13-7-20(2)8-14-23/h5-16,27,34H,17-18,33H2,1-4H3. The molecule has 200 valence electrons. The summed E-state index contributed by atoms with van der Waals surface area (Å²) in [6.45, 7) is 7.90. The number of carbonyl (C=O) groups excluding carboxylic acids is 2. The molecule has 0 aromatic heterocycles. The fourth-order valence-electron chi connectivity index (χ4n) is 5.45. The molecule has 39 heavy (non-hydrogen) atoms. The molecule has 0 saturated heterocycles. The van der Waals surface area contributed by atoms with Crippen LogP contribution in [0.25, 0.3) is 0 Å². The summed E-state index contributed by atoms with van der Waals surface area (Å²) < 4.78 is 26.5. The highest BCUT2D eigenvalue weighted by Crippen LogP contribution is 2.46. The van der Waals surface area contributed by atoms with Gasteiger partial charge in [0.25, 0.3) is 0 Å². The number of nitrogens with one attached hydrogen (secondary N) is 1.